The van der Waals surface area contributed by atoms with E-state index in [-0.39, 0.29) is 59.4 Å². The number of thiazole rings is 1. The van der Waals surface area contributed by atoms with Crippen LogP contribution < -0.4 is 10.2 Å². The van der Waals surface area contributed by atoms with Gasteiger partial charge in [0.1, 0.15) is 21.7 Å². The molecular weight excluding hydrogens is 727 g/mol. The highest BCUT2D eigenvalue weighted by atomic mass is 32.2. The molecule has 3 aromatic carbocycles. The van der Waals surface area contributed by atoms with Crippen molar-refractivity contribution in [2.75, 3.05) is 10.2 Å². The third kappa shape index (κ3) is 6.68. The van der Waals surface area contributed by atoms with Crippen molar-refractivity contribution in [3.05, 3.63) is 80.9 Å². The fourth-order valence-corrected chi connectivity index (χ4v) is 9.70. The number of fused-ring (bicyclic) bond motifs is 1. The summed E-state index contributed by atoms with van der Waals surface area (Å²) in [6.07, 6.45) is 0. The van der Waals surface area contributed by atoms with Crippen molar-refractivity contribution in [3.63, 3.8) is 0 Å². The van der Waals surface area contributed by atoms with Crippen molar-refractivity contribution in [1.82, 2.24) is 9.97 Å². The number of nitrogens with one attached hydrogen (secondary N) is 1. The molecule has 4 N–H and O–H groups in total. The average molecular weight is 758 g/mol. The van der Waals surface area contributed by atoms with Crippen LogP contribution in [0, 0.1) is 59.8 Å². The van der Waals surface area contributed by atoms with Gasteiger partial charge < -0.3 is 5.32 Å². The Morgan fingerprint density at radius 2 is 1.30 bits per heavy atom. The first-order valence-electron chi connectivity index (χ1n) is 14.6. The van der Waals surface area contributed by atoms with Crippen LogP contribution in [-0.4, -0.2) is 48.9 Å². The van der Waals surface area contributed by atoms with Crippen molar-refractivity contribution in [2.45, 2.75) is 63.2 Å². The molecule has 5 aromatic rings. The molecule has 0 aliphatic heterocycles. The van der Waals surface area contributed by atoms with Crippen LogP contribution in [0.5, 0.6) is 0 Å². The number of rotatable bonds is 8. The lowest BCUT2D eigenvalue weighted by Crippen LogP contribution is -2.19. The summed E-state index contributed by atoms with van der Waals surface area (Å²) in [6, 6.07) is 10.5. The fraction of sp³-hybridized carbons (Fsp3) is 0.219. The van der Waals surface area contributed by atoms with Gasteiger partial charge in [0.2, 0.25) is 0 Å². The Hall–Kier alpha value is -4.48. The van der Waals surface area contributed by atoms with Gasteiger partial charge in [-0.05, 0) is 112 Å². The molecule has 0 fully saturated rings. The van der Waals surface area contributed by atoms with Gasteiger partial charge in [-0.15, -0.1) is 0 Å². The Balaban J connectivity index is 1.86. The molecule has 2 heterocycles. The number of aryl methyl sites for hydroxylation is 5. The number of anilines is 5. The highest BCUT2D eigenvalue weighted by Gasteiger charge is 2.30. The van der Waals surface area contributed by atoms with Crippen molar-refractivity contribution < 1.29 is 38.9 Å². The molecule has 0 radical (unpaired) electrons. The van der Waals surface area contributed by atoms with E-state index in [1.54, 1.807) is 33.8 Å². The van der Waals surface area contributed by atoms with Gasteiger partial charge in [0.05, 0.1) is 26.4 Å². The fourth-order valence-electron chi connectivity index (χ4n) is 6.20. The minimum atomic E-state index is -4.75. The topological polar surface area (TPSA) is 228 Å². The van der Waals surface area contributed by atoms with E-state index in [0.29, 0.717) is 38.2 Å². The second kappa shape index (κ2) is 12.7. The third-order valence-corrected chi connectivity index (χ3v) is 12.2. The lowest BCUT2D eigenvalue weighted by Gasteiger charge is -2.28. The van der Waals surface area contributed by atoms with Crippen LogP contribution in [0.1, 0.15) is 44.5 Å². The van der Waals surface area contributed by atoms with Gasteiger partial charge in [-0.1, -0.05) is 23.5 Å². The largest absolute Gasteiger partial charge is 0.339 e. The van der Waals surface area contributed by atoms with E-state index in [2.05, 4.69) is 16.4 Å². The van der Waals surface area contributed by atoms with E-state index in [1.165, 1.54) is 56.0 Å². The van der Waals surface area contributed by atoms with Crippen molar-refractivity contribution >= 4 is 80.0 Å². The Morgan fingerprint density at radius 3 is 1.86 bits per heavy atom. The highest BCUT2D eigenvalue weighted by Crippen LogP contribution is 2.46. The van der Waals surface area contributed by atoms with Crippen LogP contribution in [0.15, 0.2) is 51.1 Å². The number of pyridine rings is 1. The van der Waals surface area contributed by atoms with Crippen molar-refractivity contribution in [1.29, 1.82) is 5.26 Å². The number of nitriles is 1. The summed E-state index contributed by atoms with van der Waals surface area (Å²) in [6.45, 7) is 11.2. The van der Waals surface area contributed by atoms with E-state index in [4.69, 9.17) is 4.98 Å². The minimum Gasteiger partial charge on any atom is -0.339 e. The normalized spacial score (nSPS) is 12.3. The predicted molar refractivity (Wildman–Crippen MR) is 189 cm³/mol. The molecule has 0 aliphatic rings. The summed E-state index contributed by atoms with van der Waals surface area (Å²) < 4.78 is 104. The summed E-state index contributed by atoms with van der Waals surface area (Å²) in [5, 5.41) is 13.6. The van der Waals surface area contributed by atoms with Gasteiger partial charge in [0.25, 0.3) is 30.4 Å². The first kappa shape index (κ1) is 36.8. The van der Waals surface area contributed by atoms with Crippen LogP contribution in [0.2, 0.25) is 0 Å². The molecule has 5 rings (SSSR count). The Bertz CT molecular complexity index is 2650. The zero-order chi connectivity index (χ0) is 37.2. The quantitative estimate of drug-likeness (QED) is 0.121. The molecule has 0 amide bonds. The molecule has 18 heteroatoms. The van der Waals surface area contributed by atoms with E-state index < -0.39 is 30.4 Å². The van der Waals surface area contributed by atoms with Crippen LogP contribution in [-0.2, 0) is 30.4 Å². The average Bonchev–Trinajstić information content (AvgIpc) is 3.39. The summed E-state index contributed by atoms with van der Waals surface area (Å²) >= 11 is 0.968. The second-order valence-corrected chi connectivity index (χ2v) is 16.9. The molecule has 0 saturated heterocycles. The van der Waals surface area contributed by atoms with E-state index in [9.17, 15) is 44.2 Å². The molecule has 2 aromatic heterocycles. The monoisotopic (exact) mass is 757 g/mol. The maximum Gasteiger partial charge on any atom is 0.295 e. The third-order valence-electron chi connectivity index (χ3n) is 8.11. The molecule has 14 nitrogen and oxygen atoms in total. The molecule has 50 heavy (non-hydrogen) atoms. The number of hydrogen-bond acceptors (Lipinski definition) is 12. The Morgan fingerprint density at radius 1 is 0.720 bits per heavy atom. The molecule has 0 saturated carbocycles. The van der Waals surface area contributed by atoms with Gasteiger partial charge in [-0.3, -0.25) is 18.6 Å². The van der Waals surface area contributed by atoms with E-state index in [0.717, 1.165) is 11.3 Å². The summed E-state index contributed by atoms with van der Waals surface area (Å²) in [7, 11) is -13.9. The smallest absolute Gasteiger partial charge is 0.295 e. The van der Waals surface area contributed by atoms with Crippen molar-refractivity contribution in [3.8, 4) is 6.07 Å². The Labute approximate surface area is 293 Å². The lowest BCUT2D eigenvalue weighted by atomic mass is 10.0. The second-order valence-electron chi connectivity index (χ2n) is 11.8. The van der Waals surface area contributed by atoms with Crippen LogP contribution in [0.25, 0.3) is 10.2 Å². The number of benzene rings is 3. The molecule has 0 spiro atoms. The van der Waals surface area contributed by atoms with Gasteiger partial charge in [0, 0.05) is 5.69 Å². The summed E-state index contributed by atoms with van der Waals surface area (Å²) in [4.78, 5) is 9.88. The Kier molecular flexibility index (Phi) is 9.34. The van der Waals surface area contributed by atoms with Gasteiger partial charge in [0.15, 0.2) is 10.9 Å². The maximum atomic E-state index is 12.6. The molecule has 262 valence electrons. The molecular formula is C32H31N5O9S4. The molecule has 0 aliphatic carbocycles. The first-order valence-corrected chi connectivity index (χ1v) is 19.7. The van der Waals surface area contributed by atoms with Gasteiger partial charge in [-0.2, -0.15) is 30.5 Å². The minimum absolute atomic E-state index is 0.0229. The summed E-state index contributed by atoms with van der Waals surface area (Å²) in [5.74, 6) is 0.135. The van der Waals surface area contributed by atoms with E-state index >= 15 is 0 Å². The number of aromatic nitrogens is 2. The molecule has 0 unspecified atom stereocenters. The SMILES string of the molecule is Cc1cc(C#N)c(N(c2nc3ccc(S(=O)(=O)O)cc3s2)c2c(C)cc(C)c(S(=O)(=O)O)c2C)nc1Nc1c(C)cc(C)c(S(=O)(=O)O)c1C. The zero-order valence-electron chi connectivity index (χ0n) is 27.7. The predicted octanol–water partition coefficient (Wildman–Crippen LogP) is 6.68. The van der Waals surface area contributed by atoms with Gasteiger partial charge >= 0.3 is 0 Å². The van der Waals surface area contributed by atoms with Crippen LogP contribution in [0.3, 0.4) is 0 Å². The standard InChI is InChI=1S/C32H31N5O9S4/c1-15-10-17(3)28(49(41,42)43)20(6)26(15)35-30-19(5)12-22(14-33)31(36-30)37(27-16(2)11-18(4)29(21(27)7)50(44,45)46)32-34-24-9-8-23(48(38,39)40)13-25(24)47-32/h8-13H,1-7H3,(H,35,36)(H,38,39,40)(H,41,42,43)(H,44,45,46). The molecule has 0 bridgehead atoms. The van der Waals surface area contributed by atoms with Crippen LogP contribution in [0.4, 0.5) is 28.1 Å². The van der Waals surface area contributed by atoms with E-state index in [1.807, 2.05) is 0 Å². The van der Waals surface area contributed by atoms with Gasteiger partial charge in [-0.25, -0.2) is 9.97 Å². The lowest BCUT2D eigenvalue weighted by molar-refractivity contribution is 0.479. The van der Waals surface area contributed by atoms with Crippen molar-refractivity contribution in [2.24, 2.45) is 0 Å². The maximum absolute atomic E-state index is 12.6. The zero-order valence-corrected chi connectivity index (χ0v) is 30.9. The van der Waals surface area contributed by atoms with Crippen LogP contribution >= 0.6 is 11.3 Å². The molecule has 0 atom stereocenters. The first-order chi connectivity index (χ1) is 23.0. The number of nitrogens with zero attached hydrogens (tertiary/aromatic N) is 4. The summed E-state index contributed by atoms with van der Waals surface area (Å²) in [5.41, 5.74) is 3.38. The number of hydrogen-bond donors (Lipinski definition) is 4. The highest BCUT2D eigenvalue weighted by molar-refractivity contribution is 7.86.